The maximum Gasteiger partial charge on any atom is 0.220 e. The molecular formula is C41H45N3O5S2. The quantitative estimate of drug-likeness (QED) is 0.0736. The van der Waals surface area contributed by atoms with Crippen LogP contribution in [0, 0.1) is 5.92 Å². The predicted molar refractivity (Wildman–Crippen MR) is 204 cm³/mol. The van der Waals surface area contributed by atoms with Crippen LogP contribution in [-0.4, -0.2) is 40.3 Å². The monoisotopic (exact) mass is 723 g/mol. The van der Waals surface area contributed by atoms with Crippen molar-refractivity contribution in [2.45, 2.75) is 75.5 Å². The Morgan fingerprint density at radius 2 is 1.63 bits per heavy atom. The second-order valence-corrected chi connectivity index (χ2v) is 15.3. The number of nitrogens with one attached hydrogen (secondary N) is 2. The van der Waals surface area contributed by atoms with E-state index in [0.29, 0.717) is 19.5 Å². The highest BCUT2D eigenvalue weighted by Crippen LogP contribution is 2.43. The van der Waals surface area contributed by atoms with Gasteiger partial charge in [0.2, 0.25) is 11.8 Å². The molecule has 0 spiro atoms. The maximum atomic E-state index is 12.4. The topological polar surface area (TPSA) is 110 Å². The minimum absolute atomic E-state index is 0.00144. The Morgan fingerprint density at radius 3 is 2.39 bits per heavy atom. The highest BCUT2D eigenvalue weighted by Gasteiger charge is 2.38. The molecule has 4 atom stereocenters. The first-order chi connectivity index (χ1) is 24.9. The number of thiazole rings is 1. The number of aliphatic hydroxyl groups excluding tert-OH is 1. The lowest BCUT2D eigenvalue weighted by Gasteiger charge is -2.41. The van der Waals surface area contributed by atoms with E-state index in [1.165, 1.54) is 11.6 Å². The van der Waals surface area contributed by atoms with Crippen LogP contribution in [-0.2, 0) is 32.2 Å². The molecule has 0 radical (unpaired) electrons. The highest BCUT2D eigenvalue weighted by molar-refractivity contribution is 8.01. The van der Waals surface area contributed by atoms with Gasteiger partial charge in [0.25, 0.3) is 0 Å². The Labute approximate surface area is 308 Å². The zero-order chi connectivity index (χ0) is 35.6. The molecule has 0 aliphatic carbocycles. The van der Waals surface area contributed by atoms with Gasteiger partial charge in [0.1, 0.15) is 0 Å². The third-order valence-electron chi connectivity index (χ3n) is 9.16. The molecule has 51 heavy (non-hydrogen) atoms. The van der Waals surface area contributed by atoms with Gasteiger partial charge in [-0.1, -0.05) is 104 Å². The van der Waals surface area contributed by atoms with Crippen LogP contribution in [0.5, 0.6) is 0 Å². The molecule has 0 bridgehead atoms. The summed E-state index contributed by atoms with van der Waals surface area (Å²) in [5, 5.41) is 15.4. The third kappa shape index (κ3) is 10.1. The van der Waals surface area contributed by atoms with Gasteiger partial charge in [0.15, 0.2) is 10.6 Å². The summed E-state index contributed by atoms with van der Waals surface area (Å²) in [6, 6.07) is 32.8. The second-order valence-electron chi connectivity index (χ2n) is 13.0. The van der Waals surface area contributed by atoms with Gasteiger partial charge in [-0.15, -0.1) is 11.3 Å². The summed E-state index contributed by atoms with van der Waals surface area (Å²) in [7, 11) is 0. The number of aromatic nitrogens is 1. The van der Waals surface area contributed by atoms with E-state index in [9.17, 15) is 14.7 Å². The van der Waals surface area contributed by atoms with Crippen molar-refractivity contribution >= 4 is 45.1 Å². The SMILES string of the molecule is CC(=O)NCCCCCC(=O)NCc1cccc(-c2ccc(C3OC(CSc4nc5ccccc5s4)C(C)C(c4ccc(CO)cc4)O3)cc2)c1. The smallest absolute Gasteiger partial charge is 0.220 e. The van der Waals surface area contributed by atoms with Crippen molar-refractivity contribution in [3.05, 3.63) is 119 Å². The molecule has 1 saturated heterocycles. The normalized spacial score (nSPS) is 18.8. The van der Waals surface area contributed by atoms with Crippen LogP contribution in [0.25, 0.3) is 21.3 Å². The number of hydrogen-bond donors (Lipinski definition) is 3. The lowest BCUT2D eigenvalue weighted by Crippen LogP contribution is -2.38. The molecule has 0 saturated carbocycles. The number of nitrogens with zero attached hydrogens (tertiary/aromatic N) is 1. The number of fused-ring (bicyclic) bond motifs is 1. The lowest BCUT2D eigenvalue weighted by molar-refractivity contribution is -0.268. The maximum absolute atomic E-state index is 12.4. The summed E-state index contributed by atoms with van der Waals surface area (Å²) in [6.45, 7) is 4.81. The van der Waals surface area contributed by atoms with Gasteiger partial charge in [-0.2, -0.15) is 0 Å². The standard InChI is InChI=1S/C41H45N3O5S2/c1-27-36(26-50-41-44-35-11-5-6-12-37(35)51-41)48-40(49-39(27)32-16-14-29(25-45)15-17-32)33-20-18-31(19-21-33)34-10-8-9-30(23-34)24-43-38(47)13-4-3-7-22-42-28(2)46/h5-6,8-12,14-21,23,27,36,39-40,45H,3-4,7,13,22,24-26H2,1-2H3,(H,42,46)(H,43,47). The average Bonchev–Trinajstić information content (AvgIpc) is 3.58. The lowest BCUT2D eigenvalue weighted by atomic mass is 9.91. The molecule has 4 unspecified atom stereocenters. The van der Waals surface area contributed by atoms with Gasteiger partial charge >= 0.3 is 0 Å². The van der Waals surface area contributed by atoms with Crippen LogP contribution in [0.15, 0.2) is 101 Å². The predicted octanol–water partition coefficient (Wildman–Crippen LogP) is 8.35. The van der Waals surface area contributed by atoms with Gasteiger partial charge in [0, 0.05) is 43.7 Å². The minimum atomic E-state index is -0.550. The van der Waals surface area contributed by atoms with E-state index in [-0.39, 0.29) is 36.5 Å². The Bertz CT molecular complexity index is 1860. The molecule has 10 heteroatoms. The zero-order valence-electron chi connectivity index (χ0n) is 29.0. The molecule has 1 aromatic heterocycles. The summed E-state index contributed by atoms with van der Waals surface area (Å²) < 4.78 is 15.6. The van der Waals surface area contributed by atoms with E-state index >= 15 is 0 Å². The number of amides is 2. The zero-order valence-corrected chi connectivity index (χ0v) is 30.7. The van der Waals surface area contributed by atoms with Crippen molar-refractivity contribution in [2.75, 3.05) is 12.3 Å². The number of ether oxygens (including phenoxy) is 2. The third-order valence-corrected chi connectivity index (χ3v) is 11.4. The molecular weight excluding hydrogens is 679 g/mol. The van der Waals surface area contributed by atoms with Crippen molar-refractivity contribution in [2.24, 2.45) is 5.92 Å². The highest BCUT2D eigenvalue weighted by atomic mass is 32.2. The van der Waals surface area contributed by atoms with E-state index in [0.717, 1.165) is 68.3 Å². The molecule has 1 aliphatic heterocycles. The van der Waals surface area contributed by atoms with Gasteiger partial charge in [-0.05, 0) is 58.9 Å². The van der Waals surface area contributed by atoms with Gasteiger partial charge in [0.05, 0.1) is 29.0 Å². The van der Waals surface area contributed by atoms with E-state index in [2.05, 4.69) is 60.0 Å². The Balaban J connectivity index is 1.10. The van der Waals surface area contributed by atoms with Crippen molar-refractivity contribution in [1.82, 2.24) is 15.6 Å². The van der Waals surface area contributed by atoms with Crippen LogP contribution in [0.2, 0.25) is 0 Å². The molecule has 1 fully saturated rings. The van der Waals surface area contributed by atoms with Gasteiger partial charge < -0.3 is 25.2 Å². The fourth-order valence-corrected chi connectivity index (χ4v) is 8.47. The van der Waals surface area contributed by atoms with Gasteiger partial charge in [-0.3, -0.25) is 9.59 Å². The number of carbonyl (C=O) groups is 2. The number of rotatable bonds is 15. The van der Waals surface area contributed by atoms with Crippen molar-refractivity contribution in [1.29, 1.82) is 0 Å². The average molecular weight is 724 g/mol. The summed E-state index contributed by atoms with van der Waals surface area (Å²) in [5.74, 6) is 0.835. The van der Waals surface area contributed by atoms with Crippen LogP contribution in [0.1, 0.15) is 74.2 Å². The van der Waals surface area contributed by atoms with Gasteiger partial charge in [-0.25, -0.2) is 4.98 Å². The van der Waals surface area contributed by atoms with E-state index in [1.807, 2.05) is 54.6 Å². The van der Waals surface area contributed by atoms with Crippen LogP contribution < -0.4 is 10.6 Å². The Kier molecular flexibility index (Phi) is 12.9. The van der Waals surface area contributed by atoms with Crippen molar-refractivity contribution < 1.29 is 24.2 Å². The fraction of sp³-hybridized carbons (Fsp3) is 0.341. The van der Waals surface area contributed by atoms with E-state index < -0.39 is 6.29 Å². The Morgan fingerprint density at radius 1 is 0.843 bits per heavy atom. The molecule has 266 valence electrons. The van der Waals surface area contributed by atoms with E-state index in [1.54, 1.807) is 23.1 Å². The van der Waals surface area contributed by atoms with E-state index in [4.69, 9.17) is 14.5 Å². The number of hydrogen-bond acceptors (Lipinski definition) is 8. The molecule has 6 rings (SSSR count). The van der Waals surface area contributed by atoms with Crippen molar-refractivity contribution in [3.63, 3.8) is 0 Å². The molecule has 8 nitrogen and oxygen atoms in total. The molecule has 2 heterocycles. The van der Waals surface area contributed by atoms with Crippen LogP contribution in [0.3, 0.4) is 0 Å². The second kappa shape index (κ2) is 17.9. The fourth-order valence-electron chi connectivity index (χ4n) is 6.21. The van der Waals surface area contributed by atoms with Crippen LogP contribution in [0.4, 0.5) is 0 Å². The largest absolute Gasteiger partial charge is 0.392 e. The van der Waals surface area contributed by atoms with Crippen LogP contribution >= 0.6 is 23.1 Å². The number of aliphatic hydroxyl groups is 1. The molecule has 1 aliphatic rings. The number of para-hydroxylation sites is 1. The minimum Gasteiger partial charge on any atom is -0.392 e. The summed E-state index contributed by atoms with van der Waals surface area (Å²) in [4.78, 5) is 28.2. The summed E-state index contributed by atoms with van der Waals surface area (Å²) in [6.07, 6.45) is 2.22. The molecule has 5 aromatic rings. The first kappa shape index (κ1) is 36.7. The number of benzene rings is 4. The first-order valence-electron chi connectivity index (χ1n) is 17.6. The number of thioether (sulfide) groups is 1. The first-order valence-corrected chi connectivity index (χ1v) is 19.4. The molecule has 4 aromatic carbocycles. The molecule has 2 amide bonds. The molecule has 3 N–H and O–H groups in total. The number of unbranched alkanes of at least 4 members (excludes halogenated alkanes) is 2. The summed E-state index contributed by atoms with van der Waals surface area (Å²) in [5.41, 5.74) is 7.05. The summed E-state index contributed by atoms with van der Waals surface area (Å²) >= 11 is 3.43. The Hall–Kier alpha value is -4.06. The van der Waals surface area contributed by atoms with Crippen molar-refractivity contribution in [3.8, 4) is 11.1 Å². The number of carbonyl (C=O) groups excluding carboxylic acids is 2.